The molecule has 1 atom stereocenters. The maximum Gasteiger partial charge on any atom is 0.307 e. The van der Waals surface area contributed by atoms with Gasteiger partial charge in [-0.25, -0.2) is 0 Å². The molecule has 0 radical (unpaired) electrons. The molecule has 0 bridgehead atoms. The van der Waals surface area contributed by atoms with E-state index < -0.39 is 5.97 Å². The number of likely N-dealkylation sites (N-methyl/N-ethyl adjacent to an activating group) is 2. The molecule has 5 nitrogen and oxygen atoms in total. The molecule has 0 aromatic heterocycles. The van der Waals surface area contributed by atoms with Gasteiger partial charge in [0.2, 0.25) is 0 Å². The predicted molar refractivity (Wildman–Crippen MR) is 83.4 cm³/mol. The highest BCUT2D eigenvalue weighted by Gasteiger charge is 2.21. The molecule has 1 aliphatic rings. The van der Waals surface area contributed by atoms with E-state index in [0.717, 1.165) is 38.3 Å². The molecule has 21 heavy (non-hydrogen) atoms. The van der Waals surface area contributed by atoms with Crippen molar-refractivity contribution in [2.24, 2.45) is 0 Å². The standard InChI is InChI=1S/C16H25N3O2/c1-18-7-8-19(2)15(12-18)11-17-10-14-5-3-13(4-6-14)9-16(20)21/h3-6,15,17H,7-12H2,1-2H3,(H,20,21). The highest BCUT2D eigenvalue weighted by atomic mass is 16.4. The van der Waals surface area contributed by atoms with E-state index in [1.165, 1.54) is 5.56 Å². The van der Waals surface area contributed by atoms with E-state index in [1.807, 2.05) is 24.3 Å². The van der Waals surface area contributed by atoms with Gasteiger partial charge in [-0.3, -0.25) is 9.69 Å². The van der Waals surface area contributed by atoms with Crippen LogP contribution in [0.2, 0.25) is 0 Å². The number of rotatable bonds is 6. The third-order valence-electron chi connectivity index (χ3n) is 4.07. The summed E-state index contributed by atoms with van der Waals surface area (Å²) in [4.78, 5) is 15.4. The van der Waals surface area contributed by atoms with Gasteiger partial charge in [-0.05, 0) is 25.2 Å². The number of benzene rings is 1. The Bertz CT molecular complexity index is 461. The lowest BCUT2D eigenvalue weighted by molar-refractivity contribution is -0.136. The number of carboxylic acids is 1. The predicted octanol–water partition coefficient (Wildman–Crippen LogP) is 0.649. The Hall–Kier alpha value is -1.43. The lowest BCUT2D eigenvalue weighted by atomic mass is 10.1. The van der Waals surface area contributed by atoms with Gasteiger partial charge in [0.1, 0.15) is 0 Å². The Morgan fingerprint density at radius 3 is 2.57 bits per heavy atom. The highest BCUT2D eigenvalue weighted by Crippen LogP contribution is 2.07. The molecule has 1 unspecified atom stereocenters. The number of piperazine rings is 1. The summed E-state index contributed by atoms with van der Waals surface area (Å²) in [5, 5.41) is 12.2. The minimum Gasteiger partial charge on any atom is -0.481 e. The van der Waals surface area contributed by atoms with Crippen LogP contribution in [0.25, 0.3) is 0 Å². The van der Waals surface area contributed by atoms with Gasteiger partial charge in [0, 0.05) is 38.8 Å². The summed E-state index contributed by atoms with van der Waals surface area (Å²) in [6.07, 6.45) is 0.0902. The van der Waals surface area contributed by atoms with Crippen molar-refractivity contribution in [1.82, 2.24) is 15.1 Å². The van der Waals surface area contributed by atoms with Crippen LogP contribution in [0, 0.1) is 0 Å². The number of hydrogen-bond acceptors (Lipinski definition) is 4. The summed E-state index contributed by atoms with van der Waals surface area (Å²) < 4.78 is 0. The lowest BCUT2D eigenvalue weighted by Gasteiger charge is -2.37. The van der Waals surface area contributed by atoms with Crippen molar-refractivity contribution < 1.29 is 9.90 Å². The second-order valence-electron chi connectivity index (χ2n) is 5.91. The van der Waals surface area contributed by atoms with Crippen LogP contribution in [0.3, 0.4) is 0 Å². The maximum atomic E-state index is 10.6. The van der Waals surface area contributed by atoms with Crippen molar-refractivity contribution in [2.75, 3.05) is 40.3 Å². The molecule has 0 spiro atoms. The van der Waals surface area contributed by atoms with Crippen molar-refractivity contribution in [1.29, 1.82) is 0 Å². The highest BCUT2D eigenvalue weighted by molar-refractivity contribution is 5.70. The molecule has 5 heteroatoms. The first-order chi connectivity index (χ1) is 10.0. The van der Waals surface area contributed by atoms with Crippen molar-refractivity contribution in [3.8, 4) is 0 Å². The number of carboxylic acid groups (broad SMARTS) is 1. The molecule has 1 heterocycles. The van der Waals surface area contributed by atoms with Crippen molar-refractivity contribution in [3.05, 3.63) is 35.4 Å². The zero-order valence-electron chi connectivity index (χ0n) is 12.9. The fraction of sp³-hybridized carbons (Fsp3) is 0.562. The topological polar surface area (TPSA) is 55.8 Å². The molecular weight excluding hydrogens is 266 g/mol. The Balaban J connectivity index is 1.76. The van der Waals surface area contributed by atoms with Gasteiger partial charge in [0.05, 0.1) is 6.42 Å². The third-order valence-corrected chi connectivity index (χ3v) is 4.07. The van der Waals surface area contributed by atoms with Gasteiger partial charge in [-0.1, -0.05) is 24.3 Å². The van der Waals surface area contributed by atoms with Crippen LogP contribution in [0.15, 0.2) is 24.3 Å². The van der Waals surface area contributed by atoms with E-state index in [-0.39, 0.29) is 6.42 Å². The monoisotopic (exact) mass is 291 g/mol. The molecule has 2 N–H and O–H groups in total. The number of nitrogens with one attached hydrogen (secondary N) is 1. The van der Waals surface area contributed by atoms with E-state index in [9.17, 15) is 4.79 Å². The van der Waals surface area contributed by atoms with Crippen LogP contribution < -0.4 is 5.32 Å². The lowest BCUT2D eigenvalue weighted by Crippen LogP contribution is -2.53. The number of aliphatic carboxylic acids is 1. The molecule has 1 aromatic rings. The molecule has 1 fully saturated rings. The first kappa shape index (κ1) is 15.9. The molecule has 0 amide bonds. The summed E-state index contributed by atoms with van der Waals surface area (Å²) in [6.45, 7) is 5.14. The summed E-state index contributed by atoms with van der Waals surface area (Å²) in [6, 6.07) is 8.34. The molecule has 0 saturated carbocycles. The fourth-order valence-electron chi connectivity index (χ4n) is 2.65. The second kappa shape index (κ2) is 7.54. The molecule has 1 aliphatic heterocycles. The van der Waals surface area contributed by atoms with E-state index in [0.29, 0.717) is 6.04 Å². The van der Waals surface area contributed by atoms with Gasteiger partial charge in [0.25, 0.3) is 0 Å². The molecular formula is C16H25N3O2. The quantitative estimate of drug-likeness (QED) is 0.806. The van der Waals surface area contributed by atoms with Crippen LogP contribution in [-0.2, 0) is 17.8 Å². The molecule has 0 aliphatic carbocycles. The minimum absolute atomic E-state index is 0.0902. The van der Waals surface area contributed by atoms with E-state index in [4.69, 9.17) is 5.11 Å². The minimum atomic E-state index is -0.787. The number of carbonyl (C=O) groups is 1. The fourth-order valence-corrected chi connectivity index (χ4v) is 2.65. The van der Waals surface area contributed by atoms with Gasteiger partial charge in [0.15, 0.2) is 0 Å². The molecule has 1 aromatic carbocycles. The normalized spacial score (nSPS) is 20.6. The summed E-state index contributed by atoms with van der Waals surface area (Å²) >= 11 is 0. The molecule has 2 rings (SSSR count). The van der Waals surface area contributed by atoms with Crippen LogP contribution in [0.4, 0.5) is 0 Å². The summed E-state index contributed by atoms with van der Waals surface area (Å²) in [7, 11) is 4.35. The SMILES string of the molecule is CN1CCN(C)C(CNCc2ccc(CC(=O)O)cc2)C1. The van der Waals surface area contributed by atoms with Crippen LogP contribution in [0.1, 0.15) is 11.1 Å². The Labute approximate surface area is 126 Å². The number of nitrogens with zero attached hydrogens (tertiary/aromatic N) is 2. The van der Waals surface area contributed by atoms with Gasteiger partial charge >= 0.3 is 5.97 Å². The van der Waals surface area contributed by atoms with Crippen molar-refractivity contribution in [3.63, 3.8) is 0 Å². The Morgan fingerprint density at radius 1 is 1.24 bits per heavy atom. The Kier molecular flexibility index (Phi) is 5.73. The van der Waals surface area contributed by atoms with Crippen LogP contribution in [0.5, 0.6) is 0 Å². The van der Waals surface area contributed by atoms with Gasteiger partial charge in [-0.15, -0.1) is 0 Å². The zero-order valence-corrected chi connectivity index (χ0v) is 12.9. The van der Waals surface area contributed by atoms with Crippen molar-refractivity contribution >= 4 is 5.97 Å². The van der Waals surface area contributed by atoms with Crippen molar-refractivity contribution in [2.45, 2.75) is 19.0 Å². The van der Waals surface area contributed by atoms with Gasteiger partial charge < -0.3 is 15.3 Å². The van der Waals surface area contributed by atoms with Crippen LogP contribution in [-0.4, -0.2) is 67.2 Å². The van der Waals surface area contributed by atoms with E-state index in [1.54, 1.807) is 0 Å². The summed E-state index contributed by atoms with van der Waals surface area (Å²) in [5.74, 6) is -0.787. The average molecular weight is 291 g/mol. The summed E-state index contributed by atoms with van der Waals surface area (Å²) in [5.41, 5.74) is 2.04. The first-order valence-electron chi connectivity index (χ1n) is 7.43. The third kappa shape index (κ3) is 5.12. The van der Waals surface area contributed by atoms with Crippen LogP contribution >= 0.6 is 0 Å². The van der Waals surface area contributed by atoms with Gasteiger partial charge in [-0.2, -0.15) is 0 Å². The first-order valence-corrected chi connectivity index (χ1v) is 7.43. The smallest absolute Gasteiger partial charge is 0.307 e. The Morgan fingerprint density at radius 2 is 1.90 bits per heavy atom. The largest absolute Gasteiger partial charge is 0.481 e. The zero-order chi connectivity index (χ0) is 15.2. The average Bonchev–Trinajstić information content (AvgIpc) is 2.44. The molecule has 1 saturated heterocycles. The molecule has 116 valence electrons. The van der Waals surface area contributed by atoms with E-state index in [2.05, 4.69) is 29.2 Å². The number of hydrogen-bond donors (Lipinski definition) is 2. The second-order valence-corrected chi connectivity index (χ2v) is 5.91. The van der Waals surface area contributed by atoms with E-state index >= 15 is 0 Å². The maximum absolute atomic E-state index is 10.6.